The van der Waals surface area contributed by atoms with E-state index in [4.69, 9.17) is 4.74 Å². The number of aryl methyl sites for hydroxylation is 1. The average Bonchev–Trinajstić information content (AvgIpc) is 3.12. The third-order valence-electron chi connectivity index (χ3n) is 6.87. The zero-order valence-electron chi connectivity index (χ0n) is 21.1. The lowest BCUT2D eigenvalue weighted by Gasteiger charge is -2.26. The minimum Gasteiger partial charge on any atom is -0.425 e. The fraction of sp³-hybridized carbons (Fsp3) is 0.379. The predicted octanol–water partition coefficient (Wildman–Crippen LogP) is 4.54. The van der Waals surface area contributed by atoms with Gasteiger partial charge in [0.1, 0.15) is 11.8 Å². The van der Waals surface area contributed by atoms with Crippen molar-refractivity contribution in [2.24, 2.45) is 17.8 Å². The Bertz CT molecular complexity index is 1160. The van der Waals surface area contributed by atoms with Crippen LogP contribution in [0.2, 0.25) is 0 Å². The largest absolute Gasteiger partial charge is 0.425 e. The molecular weight excluding hydrogens is 456 g/mol. The maximum Gasteiger partial charge on any atom is 0.334 e. The number of benzene rings is 2. The molecule has 0 bridgehead atoms. The number of carbonyl (C=O) groups excluding carboxylic acids is 4. The van der Waals surface area contributed by atoms with Gasteiger partial charge in [-0.05, 0) is 68.5 Å². The number of ether oxygens (including phenoxy) is 1. The van der Waals surface area contributed by atoms with E-state index in [-0.39, 0.29) is 29.4 Å². The maximum absolute atomic E-state index is 13.2. The summed E-state index contributed by atoms with van der Waals surface area (Å²) < 4.78 is 5.63. The first kappa shape index (κ1) is 25.4. The summed E-state index contributed by atoms with van der Waals surface area (Å²) in [5, 5.41) is 0. The number of allylic oxidation sites excluding steroid dienone is 2. The number of likely N-dealkylation sites (tertiary alicyclic amines) is 1. The van der Waals surface area contributed by atoms with Crippen LogP contribution in [0.3, 0.4) is 0 Å². The fourth-order valence-electron chi connectivity index (χ4n) is 4.82. The summed E-state index contributed by atoms with van der Waals surface area (Å²) in [4.78, 5) is 54.8. The Morgan fingerprint density at radius 1 is 0.944 bits per heavy atom. The molecule has 4 rings (SSSR count). The van der Waals surface area contributed by atoms with E-state index >= 15 is 0 Å². The number of imide groups is 1. The van der Waals surface area contributed by atoms with Crippen molar-refractivity contribution in [2.75, 3.05) is 11.9 Å². The zero-order valence-corrected chi connectivity index (χ0v) is 21.1. The van der Waals surface area contributed by atoms with Gasteiger partial charge < -0.3 is 9.64 Å². The summed E-state index contributed by atoms with van der Waals surface area (Å²) in [5.41, 5.74) is 2.29. The van der Waals surface area contributed by atoms with Crippen LogP contribution in [-0.4, -0.2) is 41.7 Å². The highest BCUT2D eigenvalue weighted by atomic mass is 16.5. The van der Waals surface area contributed by atoms with Crippen LogP contribution in [0.1, 0.15) is 49.0 Å². The van der Waals surface area contributed by atoms with Crippen molar-refractivity contribution >= 4 is 29.4 Å². The van der Waals surface area contributed by atoms with Gasteiger partial charge in [-0.25, -0.2) is 4.79 Å². The number of hydrogen-bond donors (Lipinski definition) is 0. The van der Waals surface area contributed by atoms with Gasteiger partial charge in [-0.2, -0.15) is 0 Å². The van der Waals surface area contributed by atoms with Gasteiger partial charge in [-0.3, -0.25) is 19.3 Å². The number of fused-ring (bicyclic) bond motifs is 1. The minimum atomic E-state index is -0.971. The minimum absolute atomic E-state index is 0.0766. The molecule has 188 valence electrons. The zero-order chi connectivity index (χ0) is 26.0. The molecule has 2 aliphatic rings. The molecule has 3 unspecified atom stereocenters. The molecule has 1 saturated heterocycles. The standard InChI is InChI=1S/C29H32N2O5/c1-18(2)17-25(31-27(33)23-7-5-6-8-24(23)28(31)34)29(35)36-22-15-13-21(14-16-22)30(4)26(32)20-11-9-19(3)10-12-20/h5-6,9-16,18,23-25H,7-8,17H2,1-4H3. The lowest BCUT2D eigenvalue weighted by Crippen LogP contribution is -2.48. The summed E-state index contributed by atoms with van der Waals surface area (Å²) in [6.07, 6.45) is 5.22. The van der Waals surface area contributed by atoms with Crippen LogP contribution in [0.25, 0.3) is 0 Å². The first-order valence-corrected chi connectivity index (χ1v) is 12.4. The maximum atomic E-state index is 13.2. The summed E-state index contributed by atoms with van der Waals surface area (Å²) in [7, 11) is 1.68. The fourth-order valence-corrected chi connectivity index (χ4v) is 4.82. The highest BCUT2D eigenvalue weighted by molar-refractivity contribution is 6.08. The number of carbonyl (C=O) groups is 4. The molecule has 36 heavy (non-hydrogen) atoms. The molecule has 3 atom stereocenters. The van der Waals surface area contributed by atoms with Crippen molar-refractivity contribution in [3.63, 3.8) is 0 Å². The van der Waals surface area contributed by atoms with Crippen LogP contribution in [0.15, 0.2) is 60.7 Å². The number of esters is 1. The SMILES string of the molecule is Cc1ccc(C(=O)N(C)c2ccc(OC(=O)C(CC(C)C)N3C(=O)C4CC=CCC4C3=O)cc2)cc1. The Labute approximate surface area is 211 Å². The van der Waals surface area contributed by atoms with E-state index in [2.05, 4.69) is 0 Å². The molecule has 0 spiro atoms. The third kappa shape index (κ3) is 5.10. The van der Waals surface area contributed by atoms with Crippen LogP contribution < -0.4 is 9.64 Å². The Balaban J connectivity index is 1.47. The van der Waals surface area contributed by atoms with Gasteiger partial charge in [0.05, 0.1) is 11.8 Å². The smallest absolute Gasteiger partial charge is 0.334 e. The number of hydrogen-bond acceptors (Lipinski definition) is 5. The quantitative estimate of drug-likeness (QED) is 0.247. The first-order valence-electron chi connectivity index (χ1n) is 12.4. The lowest BCUT2D eigenvalue weighted by atomic mass is 9.85. The normalized spacial score (nSPS) is 19.9. The van der Waals surface area contributed by atoms with Crippen LogP contribution in [0, 0.1) is 24.7 Å². The van der Waals surface area contributed by atoms with Gasteiger partial charge in [-0.1, -0.05) is 43.7 Å². The molecule has 0 saturated carbocycles. The van der Waals surface area contributed by atoms with Gasteiger partial charge in [-0.15, -0.1) is 0 Å². The summed E-state index contributed by atoms with van der Waals surface area (Å²) in [5.74, 6) is -1.80. The van der Waals surface area contributed by atoms with Gasteiger partial charge in [0.15, 0.2) is 0 Å². The van der Waals surface area contributed by atoms with E-state index in [1.165, 1.54) is 4.90 Å². The number of anilines is 1. The van der Waals surface area contributed by atoms with E-state index in [1.54, 1.807) is 43.4 Å². The van der Waals surface area contributed by atoms with Crippen molar-refractivity contribution < 1.29 is 23.9 Å². The van der Waals surface area contributed by atoms with Crippen molar-refractivity contribution in [3.8, 4) is 5.75 Å². The second-order valence-corrected chi connectivity index (χ2v) is 9.99. The van der Waals surface area contributed by atoms with Crippen LogP contribution >= 0.6 is 0 Å². The third-order valence-corrected chi connectivity index (χ3v) is 6.87. The van der Waals surface area contributed by atoms with Gasteiger partial charge in [0, 0.05) is 18.3 Å². The average molecular weight is 489 g/mol. The molecule has 0 aromatic heterocycles. The van der Waals surface area contributed by atoms with Crippen molar-refractivity contribution in [3.05, 3.63) is 71.8 Å². The Hall–Kier alpha value is -3.74. The van der Waals surface area contributed by atoms with Crippen LogP contribution in [-0.2, 0) is 14.4 Å². The molecule has 7 nitrogen and oxygen atoms in total. The molecule has 1 aliphatic heterocycles. The van der Waals surface area contributed by atoms with E-state index in [0.29, 0.717) is 30.5 Å². The molecule has 2 aromatic carbocycles. The Morgan fingerprint density at radius 2 is 1.50 bits per heavy atom. The molecular formula is C29H32N2O5. The highest BCUT2D eigenvalue weighted by Gasteiger charge is 2.51. The molecule has 1 heterocycles. The van der Waals surface area contributed by atoms with Gasteiger partial charge >= 0.3 is 5.97 Å². The number of nitrogens with zero attached hydrogens (tertiary/aromatic N) is 2. The molecule has 3 amide bonds. The van der Waals surface area contributed by atoms with Gasteiger partial charge in [0.2, 0.25) is 11.8 Å². The van der Waals surface area contributed by atoms with E-state index in [1.807, 2.05) is 45.1 Å². The van der Waals surface area contributed by atoms with Crippen LogP contribution in [0.5, 0.6) is 5.75 Å². The van der Waals surface area contributed by atoms with E-state index in [9.17, 15) is 19.2 Å². The summed E-state index contributed by atoms with van der Waals surface area (Å²) in [6, 6.07) is 13.0. The summed E-state index contributed by atoms with van der Waals surface area (Å²) in [6.45, 7) is 5.84. The second-order valence-electron chi connectivity index (χ2n) is 9.99. The molecule has 7 heteroatoms. The highest BCUT2D eigenvalue weighted by Crippen LogP contribution is 2.37. The molecule has 1 aliphatic carbocycles. The molecule has 1 fully saturated rings. The van der Waals surface area contributed by atoms with Crippen molar-refractivity contribution in [2.45, 2.75) is 46.1 Å². The van der Waals surface area contributed by atoms with Crippen molar-refractivity contribution in [1.29, 1.82) is 0 Å². The lowest BCUT2D eigenvalue weighted by molar-refractivity contribution is -0.154. The first-order chi connectivity index (χ1) is 17.2. The molecule has 0 N–H and O–H groups in total. The van der Waals surface area contributed by atoms with Crippen LogP contribution in [0.4, 0.5) is 5.69 Å². The second kappa shape index (κ2) is 10.5. The van der Waals surface area contributed by atoms with E-state index in [0.717, 1.165) is 10.5 Å². The Kier molecular flexibility index (Phi) is 7.38. The van der Waals surface area contributed by atoms with E-state index < -0.39 is 23.8 Å². The topological polar surface area (TPSA) is 84.0 Å². The molecule has 2 aromatic rings. The monoisotopic (exact) mass is 488 g/mol. The number of rotatable bonds is 7. The number of amides is 3. The summed E-state index contributed by atoms with van der Waals surface area (Å²) >= 11 is 0. The molecule has 0 radical (unpaired) electrons. The Morgan fingerprint density at radius 3 is 2.03 bits per heavy atom. The van der Waals surface area contributed by atoms with Gasteiger partial charge in [0.25, 0.3) is 5.91 Å². The predicted molar refractivity (Wildman–Crippen MR) is 136 cm³/mol. The van der Waals surface area contributed by atoms with Crippen molar-refractivity contribution in [1.82, 2.24) is 4.90 Å².